The molecule has 37 heavy (non-hydrogen) atoms. The van der Waals surface area contributed by atoms with Gasteiger partial charge in [-0.2, -0.15) is 0 Å². The number of thioether (sulfide) groups is 1. The summed E-state index contributed by atoms with van der Waals surface area (Å²) in [5.74, 6) is -13.3. The molecule has 0 aliphatic rings. The minimum absolute atomic E-state index is 0.0189. The fourth-order valence-corrected chi connectivity index (χ4v) is 4.35. The molecule has 0 radical (unpaired) electrons. The van der Waals surface area contributed by atoms with Crippen LogP contribution in [0.5, 0.6) is 0 Å². The van der Waals surface area contributed by atoms with Gasteiger partial charge >= 0.3 is 0 Å². The van der Waals surface area contributed by atoms with Crippen LogP contribution in [0, 0.1) is 35.0 Å². The Kier molecular flexibility index (Phi) is 11.6. The largest absolute Gasteiger partial charge is 0.468 e. The predicted octanol–water partition coefficient (Wildman–Crippen LogP) is 5.30. The van der Waals surface area contributed by atoms with E-state index in [1.54, 1.807) is 26.0 Å². The fourth-order valence-electron chi connectivity index (χ4n) is 3.48. The first-order chi connectivity index (χ1) is 17.5. The lowest BCUT2D eigenvalue weighted by Crippen LogP contribution is -2.52. The molecule has 0 spiro atoms. The van der Waals surface area contributed by atoms with Crippen LogP contribution < -0.4 is 10.6 Å². The van der Waals surface area contributed by atoms with Gasteiger partial charge in [-0.05, 0) is 30.9 Å². The van der Waals surface area contributed by atoms with Crippen LogP contribution >= 0.6 is 11.8 Å². The van der Waals surface area contributed by atoms with Gasteiger partial charge in [0.05, 0.1) is 23.8 Å². The Morgan fingerprint density at radius 1 is 0.946 bits per heavy atom. The number of rotatable bonds is 14. The molecule has 0 aliphatic heterocycles. The number of halogens is 5. The van der Waals surface area contributed by atoms with Crippen LogP contribution in [-0.4, -0.2) is 35.4 Å². The van der Waals surface area contributed by atoms with Crippen molar-refractivity contribution >= 4 is 29.4 Å². The predicted molar refractivity (Wildman–Crippen MR) is 128 cm³/mol. The van der Waals surface area contributed by atoms with Gasteiger partial charge in [-0.15, -0.1) is 11.8 Å². The molecule has 0 saturated carbocycles. The minimum Gasteiger partial charge on any atom is -0.468 e. The molecule has 0 aliphatic carbocycles. The van der Waals surface area contributed by atoms with Gasteiger partial charge < -0.3 is 15.1 Å². The number of benzene rings is 1. The van der Waals surface area contributed by atoms with E-state index in [1.165, 1.54) is 18.0 Å². The number of amides is 2. The number of nitrogens with one attached hydrogen (secondary N) is 2. The lowest BCUT2D eigenvalue weighted by molar-refractivity contribution is -0.128. The minimum atomic E-state index is -2.40. The standard InChI is InChI=1S/C25H29F5N2O4S/c1-4-5-8-15(17(33)12-37-11-14-7-6-9-36-14)31-24(34)16(10-13(2)3)32-25(35)18-19(26)21(28)23(30)22(29)20(18)27/h6-7,9,13,15-16H,4-5,8,10-12H2,1-3H3,(H,31,34)(H,32,35)/t15-,16-/m0/s1. The number of hydrogen-bond donors (Lipinski definition) is 2. The Balaban J connectivity index is 2.17. The summed E-state index contributed by atoms with van der Waals surface area (Å²) in [5, 5.41) is 4.65. The van der Waals surface area contributed by atoms with E-state index in [0.717, 1.165) is 6.42 Å². The van der Waals surface area contributed by atoms with E-state index in [4.69, 9.17) is 4.42 Å². The maximum Gasteiger partial charge on any atom is 0.258 e. The highest BCUT2D eigenvalue weighted by Gasteiger charge is 2.33. The van der Waals surface area contributed by atoms with Gasteiger partial charge in [-0.3, -0.25) is 14.4 Å². The SMILES string of the molecule is CCCC[C@H](NC(=O)[C@H](CC(C)C)NC(=O)c1c(F)c(F)c(F)c(F)c1F)C(=O)CSCc1ccco1. The zero-order chi connectivity index (χ0) is 27.7. The first kappa shape index (κ1) is 30.3. The second-order valence-corrected chi connectivity index (χ2v) is 9.83. The number of Topliss-reactive ketones (excluding diaryl/α,β-unsaturated/α-hetero) is 1. The normalized spacial score (nSPS) is 12.9. The first-order valence-electron chi connectivity index (χ1n) is 11.7. The second-order valence-electron chi connectivity index (χ2n) is 8.84. The van der Waals surface area contributed by atoms with Gasteiger partial charge in [0.1, 0.15) is 17.4 Å². The fraction of sp³-hybridized carbons (Fsp3) is 0.480. The van der Waals surface area contributed by atoms with Crippen molar-refractivity contribution in [3.05, 3.63) is 58.8 Å². The number of unbranched alkanes of at least 4 members (excludes halogenated alkanes) is 1. The quantitative estimate of drug-likeness (QED) is 0.190. The Morgan fingerprint density at radius 2 is 1.57 bits per heavy atom. The number of hydrogen-bond acceptors (Lipinski definition) is 5. The molecule has 12 heteroatoms. The van der Waals surface area contributed by atoms with Crippen molar-refractivity contribution in [1.82, 2.24) is 10.6 Å². The van der Waals surface area contributed by atoms with Gasteiger partial charge in [-0.1, -0.05) is 33.6 Å². The van der Waals surface area contributed by atoms with Crippen LogP contribution in [-0.2, 0) is 15.3 Å². The van der Waals surface area contributed by atoms with Crippen molar-refractivity contribution < 1.29 is 40.8 Å². The van der Waals surface area contributed by atoms with Gasteiger partial charge in [0.15, 0.2) is 29.1 Å². The van der Waals surface area contributed by atoms with Crippen molar-refractivity contribution in [2.24, 2.45) is 5.92 Å². The molecule has 1 aromatic heterocycles. The maximum absolute atomic E-state index is 14.1. The summed E-state index contributed by atoms with van der Waals surface area (Å²) in [6.45, 7) is 5.31. The summed E-state index contributed by atoms with van der Waals surface area (Å²) in [7, 11) is 0. The van der Waals surface area contributed by atoms with E-state index in [2.05, 4.69) is 10.6 Å². The average molecular weight is 549 g/mol. The van der Waals surface area contributed by atoms with Crippen molar-refractivity contribution in [1.29, 1.82) is 0 Å². The van der Waals surface area contributed by atoms with Crippen molar-refractivity contribution in [2.45, 2.75) is 64.3 Å². The van der Waals surface area contributed by atoms with Crippen LogP contribution in [0.2, 0.25) is 0 Å². The lowest BCUT2D eigenvalue weighted by Gasteiger charge is -2.24. The van der Waals surface area contributed by atoms with Gasteiger partial charge in [0.25, 0.3) is 5.91 Å². The van der Waals surface area contributed by atoms with Crippen LogP contribution in [0.1, 0.15) is 62.6 Å². The maximum atomic E-state index is 14.1. The number of ketones is 1. The molecule has 2 aromatic rings. The molecule has 0 saturated heterocycles. The van der Waals surface area contributed by atoms with Crippen molar-refractivity contribution in [3.63, 3.8) is 0 Å². The van der Waals surface area contributed by atoms with Gasteiger partial charge in [0.2, 0.25) is 11.7 Å². The molecule has 0 fully saturated rings. The monoisotopic (exact) mass is 548 g/mol. The third-order valence-electron chi connectivity index (χ3n) is 5.39. The summed E-state index contributed by atoms with van der Waals surface area (Å²) in [6, 6.07) is 1.20. The molecule has 204 valence electrons. The molecular formula is C25H29F5N2O4S. The van der Waals surface area contributed by atoms with E-state index in [9.17, 15) is 36.3 Å². The summed E-state index contributed by atoms with van der Waals surface area (Å²) in [4.78, 5) is 38.4. The average Bonchev–Trinajstić information content (AvgIpc) is 3.36. The smallest absolute Gasteiger partial charge is 0.258 e. The Hall–Kier alpha value is -2.89. The van der Waals surface area contributed by atoms with Crippen LogP contribution in [0.4, 0.5) is 22.0 Å². The van der Waals surface area contributed by atoms with E-state index in [1.807, 2.05) is 6.92 Å². The summed E-state index contributed by atoms with van der Waals surface area (Å²) in [6.07, 6.45) is 3.17. The summed E-state index contributed by atoms with van der Waals surface area (Å²) < 4.78 is 73.9. The van der Waals surface area contributed by atoms with Crippen LogP contribution in [0.15, 0.2) is 22.8 Å². The summed E-state index contributed by atoms with van der Waals surface area (Å²) >= 11 is 1.29. The third-order valence-corrected chi connectivity index (χ3v) is 6.36. The highest BCUT2D eigenvalue weighted by Crippen LogP contribution is 2.23. The second kappa shape index (κ2) is 14.2. The molecule has 6 nitrogen and oxygen atoms in total. The number of carbonyl (C=O) groups is 3. The first-order valence-corrected chi connectivity index (χ1v) is 12.9. The Morgan fingerprint density at radius 3 is 2.11 bits per heavy atom. The molecule has 2 atom stereocenters. The highest BCUT2D eigenvalue weighted by atomic mass is 32.2. The van der Waals surface area contributed by atoms with Gasteiger partial charge in [-0.25, -0.2) is 22.0 Å². The lowest BCUT2D eigenvalue weighted by atomic mass is 10.0. The van der Waals surface area contributed by atoms with E-state index in [-0.39, 0.29) is 23.9 Å². The molecular weight excluding hydrogens is 519 g/mol. The van der Waals surface area contributed by atoms with Crippen LogP contribution in [0.3, 0.4) is 0 Å². The Labute approximate surface area is 215 Å². The topological polar surface area (TPSA) is 88.4 Å². The number of furan rings is 1. The third kappa shape index (κ3) is 8.31. The molecule has 1 aromatic carbocycles. The molecule has 0 unspecified atom stereocenters. The van der Waals surface area contributed by atoms with Crippen molar-refractivity contribution in [2.75, 3.05) is 5.75 Å². The highest BCUT2D eigenvalue weighted by molar-refractivity contribution is 7.99. The molecule has 0 bridgehead atoms. The molecule has 2 rings (SSSR count). The van der Waals surface area contributed by atoms with E-state index < -0.39 is 58.5 Å². The zero-order valence-electron chi connectivity index (χ0n) is 20.6. The van der Waals surface area contributed by atoms with E-state index in [0.29, 0.717) is 24.4 Å². The summed E-state index contributed by atoms with van der Waals surface area (Å²) in [5.41, 5.74) is -1.69. The van der Waals surface area contributed by atoms with Crippen molar-refractivity contribution in [3.8, 4) is 0 Å². The molecule has 1 heterocycles. The number of carbonyl (C=O) groups excluding carboxylic acids is 3. The Bertz CT molecular complexity index is 1070. The van der Waals surface area contributed by atoms with Gasteiger partial charge in [0, 0.05) is 0 Å². The molecule has 2 amide bonds. The van der Waals surface area contributed by atoms with Crippen LogP contribution in [0.25, 0.3) is 0 Å². The zero-order valence-corrected chi connectivity index (χ0v) is 21.5. The van der Waals surface area contributed by atoms with E-state index >= 15 is 0 Å². The molecule has 2 N–H and O–H groups in total.